The highest BCUT2D eigenvalue weighted by Crippen LogP contribution is 2.23. The molecule has 0 heterocycles. The zero-order valence-corrected chi connectivity index (χ0v) is 12.0. The molecule has 0 aromatic heterocycles. The van der Waals surface area contributed by atoms with E-state index in [9.17, 15) is 8.78 Å². The molecule has 0 aliphatic heterocycles. The number of nitrogens with zero attached hydrogens (tertiary/aromatic N) is 1. The monoisotopic (exact) mass is 284 g/mol. The van der Waals surface area contributed by atoms with Crippen LogP contribution in [0.4, 0.5) is 8.78 Å². The maximum atomic E-state index is 13.0. The molecular weight excluding hydrogens is 266 g/mol. The molecule has 1 N–H and O–H groups in total. The van der Waals surface area contributed by atoms with E-state index in [1.807, 2.05) is 13.8 Å². The third-order valence-corrected chi connectivity index (χ3v) is 3.87. The first-order valence-corrected chi connectivity index (χ1v) is 7.23. The molecule has 104 valence electrons. The van der Waals surface area contributed by atoms with E-state index in [1.165, 1.54) is 17.8 Å². The number of nitrogens with one attached hydrogen (secondary N) is 1. The number of thioether (sulfide) groups is 1. The summed E-state index contributed by atoms with van der Waals surface area (Å²) in [5.41, 5.74) is -0.511. The zero-order chi connectivity index (χ0) is 14.3. The number of halogens is 2. The van der Waals surface area contributed by atoms with Crippen molar-refractivity contribution in [1.29, 1.82) is 5.26 Å². The first-order valence-electron chi connectivity index (χ1n) is 6.25. The third-order valence-electron chi connectivity index (χ3n) is 2.79. The molecule has 0 saturated carbocycles. The highest BCUT2D eigenvalue weighted by molar-refractivity contribution is 7.99. The maximum absolute atomic E-state index is 13.0. The van der Waals surface area contributed by atoms with Gasteiger partial charge in [0.05, 0.1) is 6.07 Å². The predicted octanol–water partition coefficient (Wildman–Crippen LogP) is 3.73. The van der Waals surface area contributed by atoms with E-state index in [2.05, 4.69) is 11.4 Å². The van der Waals surface area contributed by atoms with Crippen LogP contribution in [0.1, 0.15) is 26.7 Å². The van der Waals surface area contributed by atoms with Gasteiger partial charge in [0.2, 0.25) is 0 Å². The van der Waals surface area contributed by atoms with Crippen molar-refractivity contribution in [1.82, 2.24) is 5.32 Å². The second-order valence-electron chi connectivity index (χ2n) is 4.50. The van der Waals surface area contributed by atoms with Gasteiger partial charge in [-0.05, 0) is 50.3 Å². The van der Waals surface area contributed by atoms with Crippen molar-refractivity contribution in [2.45, 2.75) is 37.1 Å². The summed E-state index contributed by atoms with van der Waals surface area (Å²) in [6.45, 7) is 4.59. The van der Waals surface area contributed by atoms with Gasteiger partial charge in [0.1, 0.15) is 5.54 Å². The first-order chi connectivity index (χ1) is 9.00. The molecule has 1 rings (SSSR count). The van der Waals surface area contributed by atoms with Crippen LogP contribution < -0.4 is 5.32 Å². The van der Waals surface area contributed by atoms with Gasteiger partial charge in [0, 0.05) is 4.90 Å². The summed E-state index contributed by atoms with van der Waals surface area (Å²) in [4.78, 5) is 0.709. The van der Waals surface area contributed by atoms with E-state index in [4.69, 9.17) is 5.26 Å². The van der Waals surface area contributed by atoms with E-state index in [0.29, 0.717) is 4.90 Å². The summed E-state index contributed by atoms with van der Waals surface area (Å²) in [6, 6.07) is 6.17. The van der Waals surface area contributed by atoms with Crippen LogP contribution in [0.25, 0.3) is 0 Å². The van der Waals surface area contributed by atoms with Crippen molar-refractivity contribution in [3.63, 3.8) is 0 Å². The quantitative estimate of drug-likeness (QED) is 0.612. The Labute approximate surface area is 117 Å². The predicted molar refractivity (Wildman–Crippen MR) is 74.0 cm³/mol. The van der Waals surface area contributed by atoms with Gasteiger partial charge in [-0.3, -0.25) is 5.32 Å². The van der Waals surface area contributed by atoms with Crippen LogP contribution in [0.3, 0.4) is 0 Å². The minimum Gasteiger partial charge on any atom is -0.300 e. The lowest BCUT2D eigenvalue weighted by Crippen LogP contribution is -2.40. The van der Waals surface area contributed by atoms with Crippen LogP contribution in [0.2, 0.25) is 0 Å². The Hall–Kier alpha value is -1.12. The Kier molecular flexibility index (Phi) is 6.26. The highest BCUT2D eigenvalue weighted by atomic mass is 32.2. The van der Waals surface area contributed by atoms with Gasteiger partial charge in [-0.1, -0.05) is 6.92 Å². The summed E-state index contributed by atoms with van der Waals surface area (Å²) in [5.74, 6) is -0.874. The second-order valence-corrected chi connectivity index (χ2v) is 5.67. The van der Waals surface area contributed by atoms with Crippen LogP contribution >= 0.6 is 11.8 Å². The highest BCUT2D eigenvalue weighted by Gasteiger charge is 2.21. The summed E-state index contributed by atoms with van der Waals surface area (Å²) < 4.78 is 25.7. The van der Waals surface area contributed by atoms with E-state index < -0.39 is 17.2 Å². The van der Waals surface area contributed by atoms with Gasteiger partial charge in [-0.15, -0.1) is 11.8 Å². The lowest BCUT2D eigenvalue weighted by atomic mass is 9.98. The molecule has 0 radical (unpaired) electrons. The topological polar surface area (TPSA) is 35.8 Å². The van der Waals surface area contributed by atoms with Gasteiger partial charge < -0.3 is 0 Å². The second kappa shape index (κ2) is 7.46. The molecule has 19 heavy (non-hydrogen) atoms. The molecule has 1 aromatic carbocycles. The smallest absolute Gasteiger partial charge is 0.159 e. The van der Waals surface area contributed by atoms with E-state index in [0.717, 1.165) is 31.2 Å². The van der Waals surface area contributed by atoms with E-state index >= 15 is 0 Å². The fourth-order valence-electron chi connectivity index (χ4n) is 1.76. The average molecular weight is 284 g/mol. The van der Waals surface area contributed by atoms with Gasteiger partial charge in [0.15, 0.2) is 11.6 Å². The lowest BCUT2D eigenvalue weighted by molar-refractivity contribution is 0.426. The van der Waals surface area contributed by atoms with Crippen LogP contribution in [-0.2, 0) is 0 Å². The third kappa shape index (κ3) is 5.17. The zero-order valence-electron chi connectivity index (χ0n) is 11.2. The molecular formula is C14H18F2N2S. The van der Waals surface area contributed by atoms with Gasteiger partial charge in [0.25, 0.3) is 0 Å². The summed E-state index contributed by atoms with van der Waals surface area (Å²) >= 11 is 1.47. The normalized spacial score (nSPS) is 13.8. The average Bonchev–Trinajstić information content (AvgIpc) is 2.39. The number of hydrogen-bond acceptors (Lipinski definition) is 3. The summed E-state index contributed by atoms with van der Waals surface area (Å²) in [5, 5.41) is 12.2. The van der Waals surface area contributed by atoms with Crippen molar-refractivity contribution < 1.29 is 8.78 Å². The summed E-state index contributed by atoms with van der Waals surface area (Å²) in [6.07, 6.45) is 1.56. The molecule has 1 aromatic rings. The first kappa shape index (κ1) is 15.9. The fraction of sp³-hybridized carbons (Fsp3) is 0.500. The molecule has 0 fully saturated rings. The van der Waals surface area contributed by atoms with Gasteiger partial charge in [-0.2, -0.15) is 5.26 Å². The molecule has 5 heteroatoms. The number of nitriles is 1. The molecule has 0 amide bonds. The SMILES string of the molecule is CCNC(C)(C#N)CCCSc1ccc(F)c(F)c1. The molecule has 0 aliphatic carbocycles. The lowest BCUT2D eigenvalue weighted by Gasteiger charge is -2.22. The van der Waals surface area contributed by atoms with Crippen molar-refractivity contribution in [3.05, 3.63) is 29.8 Å². The molecule has 1 unspecified atom stereocenters. The standard InChI is InChI=1S/C14H18F2N2S/c1-3-18-14(2,10-17)7-4-8-19-11-5-6-12(15)13(16)9-11/h5-6,9,18H,3-4,7-8H2,1-2H3. The Morgan fingerprint density at radius 3 is 2.68 bits per heavy atom. The largest absolute Gasteiger partial charge is 0.300 e. The van der Waals surface area contributed by atoms with Gasteiger partial charge >= 0.3 is 0 Å². The Bertz CT molecular complexity index is 459. The van der Waals surface area contributed by atoms with Gasteiger partial charge in [-0.25, -0.2) is 8.78 Å². The molecule has 0 bridgehead atoms. The molecule has 0 aliphatic rings. The molecule has 0 spiro atoms. The number of benzene rings is 1. The summed E-state index contributed by atoms with van der Waals surface area (Å²) in [7, 11) is 0. The van der Waals surface area contributed by atoms with Crippen LogP contribution in [0.15, 0.2) is 23.1 Å². The molecule has 2 nitrogen and oxygen atoms in total. The van der Waals surface area contributed by atoms with Crippen molar-refractivity contribution in [2.75, 3.05) is 12.3 Å². The minimum absolute atomic E-state index is 0.511. The van der Waals surface area contributed by atoms with Crippen LogP contribution in [0, 0.1) is 23.0 Å². The molecule has 0 saturated heterocycles. The van der Waals surface area contributed by atoms with E-state index in [1.54, 1.807) is 6.07 Å². The van der Waals surface area contributed by atoms with Crippen LogP contribution in [-0.4, -0.2) is 17.8 Å². The Morgan fingerprint density at radius 1 is 1.37 bits per heavy atom. The Balaban J connectivity index is 2.38. The minimum atomic E-state index is -0.825. The van der Waals surface area contributed by atoms with Crippen molar-refractivity contribution in [3.8, 4) is 6.07 Å². The van der Waals surface area contributed by atoms with Crippen molar-refractivity contribution in [2.24, 2.45) is 0 Å². The maximum Gasteiger partial charge on any atom is 0.159 e. The van der Waals surface area contributed by atoms with E-state index in [-0.39, 0.29) is 0 Å². The Morgan fingerprint density at radius 2 is 2.11 bits per heavy atom. The van der Waals surface area contributed by atoms with Crippen molar-refractivity contribution >= 4 is 11.8 Å². The number of rotatable bonds is 7. The number of hydrogen-bond donors (Lipinski definition) is 1. The fourth-order valence-corrected chi connectivity index (χ4v) is 2.63. The molecule has 1 atom stereocenters. The van der Waals surface area contributed by atoms with Crippen LogP contribution in [0.5, 0.6) is 0 Å².